The minimum atomic E-state index is -0.996. The number of carbonyl (C=O) groups is 2. The van der Waals surface area contributed by atoms with Crippen LogP contribution in [-0.2, 0) is 9.59 Å². The third-order valence-electron chi connectivity index (χ3n) is 2.50. The maximum atomic E-state index is 11.7. The Labute approximate surface area is 96.9 Å². The van der Waals surface area contributed by atoms with Gasteiger partial charge in [0.25, 0.3) is 0 Å². The lowest BCUT2D eigenvalue weighted by Crippen LogP contribution is -2.35. The predicted molar refractivity (Wildman–Crippen MR) is 63.1 cm³/mol. The quantitative estimate of drug-likeness (QED) is 0.534. The standard InChI is InChI=1S/C12H21NO3/c1-5-6-7-8-13(4)10(14)9-12(2,3)11(15)16/h5H,1,6-9H2,2-4H3,(H,15,16). The van der Waals surface area contributed by atoms with Gasteiger partial charge in [-0.25, -0.2) is 0 Å². The van der Waals surface area contributed by atoms with E-state index in [0.717, 1.165) is 12.8 Å². The predicted octanol–water partition coefficient (Wildman–Crippen LogP) is 1.91. The summed E-state index contributed by atoms with van der Waals surface area (Å²) >= 11 is 0. The maximum Gasteiger partial charge on any atom is 0.309 e. The minimum Gasteiger partial charge on any atom is -0.481 e. The number of carboxylic acids is 1. The van der Waals surface area contributed by atoms with Crippen molar-refractivity contribution < 1.29 is 14.7 Å². The van der Waals surface area contributed by atoms with Crippen molar-refractivity contribution in [3.8, 4) is 0 Å². The van der Waals surface area contributed by atoms with E-state index in [1.54, 1.807) is 31.9 Å². The van der Waals surface area contributed by atoms with Crippen molar-refractivity contribution in [1.29, 1.82) is 0 Å². The Kier molecular flexibility index (Phi) is 5.78. The Balaban J connectivity index is 4.14. The van der Waals surface area contributed by atoms with E-state index in [-0.39, 0.29) is 12.3 Å². The molecule has 0 saturated carbocycles. The van der Waals surface area contributed by atoms with E-state index in [0.29, 0.717) is 6.54 Å². The molecule has 92 valence electrons. The van der Waals surface area contributed by atoms with Crippen molar-refractivity contribution in [3.05, 3.63) is 12.7 Å². The van der Waals surface area contributed by atoms with Crippen LogP contribution in [0, 0.1) is 5.41 Å². The molecule has 0 unspecified atom stereocenters. The molecule has 4 heteroatoms. The molecule has 0 atom stereocenters. The van der Waals surface area contributed by atoms with Crippen LogP contribution in [0.3, 0.4) is 0 Å². The van der Waals surface area contributed by atoms with E-state index in [1.807, 2.05) is 0 Å². The molecule has 16 heavy (non-hydrogen) atoms. The summed E-state index contributed by atoms with van der Waals surface area (Å²) in [6, 6.07) is 0. The summed E-state index contributed by atoms with van der Waals surface area (Å²) in [6.07, 6.45) is 3.56. The van der Waals surface area contributed by atoms with Gasteiger partial charge in [-0.1, -0.05) is 6.08 Å². The van der Waals surface area contributed by atoms with Crippen LogP contribution in [0.2, 0.25) is 0 Å². The summed E-state index contributed by atoms with van der Waals surface area (Å²) in [5.41, 5.74) is -0.996. The molecule has 0 radical (unpaired) electrons. The first-order valence-electron chi connectivity index (χ1n) is 5.39. The second-order valence-corrected chi connectivity index (χ2v) is 4.61. The fourth-order valence-electron chi connectivity index (χ4n) is 1.19. The van der Waals surface area contributed by atoms with Gasteiger partial charge in [-0.15, -0.1) is 6.58 Å². The van der Waals surface area contributed by atoms with Crippen LogP contribution in [0.25, 0.3) is 0 Å². The summed E-state index contributed by atoms with van der Waals surface area (Å²) in [5, 5.41) is 8.90. The molecule has 0 aromatic heterocycles. The molecule has 1 N–H and O–H groups in total. The molecular formula is C12H21NO3. The molecular weight excluding hydrogens is 206 g/mol. The molecule has 0 aliphatic heterocycles. The molecule has 0 rings (SSSR count). The number of amides is 1. The largest absolute Gasteiger partial charge is 0.481 e. The number of rotatable bonds is 7. The van der Waals surface area contributed by atoms with Gasteiger partial charge < -0.3 is 10.0 Å². The highest BCUT2D eigenvalue weighted by molar-refractivity contribution is 5.84. The highest BCUT2D eigenvalue weighted by Crippen LogP contribution is 2.21. The molecule has 4 nitrogen and oxygen atoms in total. The van der Waals surface area contributed by atoms with Gasteiger partial charge in [0.2, 0.25) is 5.91 Å². The van der Waals surface area contributed by atoms with Crippen LogP contribution in [0.4, 0.5) is 0 Å². The molecule has 0 aromatic rings. The van der Waals surface area contributed by atoms with Crippen LogP contribution in [0.15, 0.2) is 12.7 Å². The minimum absolute atomic E-state index is 0.0346. The molecule has 0 aromatic carbocycles. The van der Waals surface area contributed by atoms with Gasteiger partial charge in [0.1, 0.15) is 0 Å². The molecule has 0 aliphatic rings. The van der Waals surface area contributed by atoms with Crippen molar-refractivity contribution in [2.45, 2.75) is 33.1 Å². The zero-order chi connectivity index (χ0) is 12.8. The molecule has 0 aliphatic carbocycles. The van der Waals surface area contributed by atoms with Crippen LogP contribution >= 0.6 is 0 Å². The van der Waals surface area contributed by atoms with Gasteiger partial charge in [0, 0.05) is 20.0 Å². The first-order valence-corrected chi connectivity index (χ1v) is 5.39. The Morgan fingerprint density at radius 2 is 2.00 bits per heavy atom. The third-order valence-corrected chi connectivity index (χ3v) is 2.50. The van der Waals surface area contributed by atoms with Crippen LogP contribution < -0.4 is 0 Å². The van der Waals surface area contributed by atoms with Crippen molar-refractivity contribution in [3.63, 3.8) is 0 Å². The average Bonchev–Trinajstić information content (AvgIpc) is 2.17. The summed E-state index contributed by atoms with van der Waals surface area (Å²) in [5.74, 6) is -1.07. The zero-order valence-electron chi connectivity index (χ0n) is 10.3. The molecule has 1 amide bonds. The number of carbonyl (C=O) groups excluding carboxylic acids is 1. The highest BCUT2D eigenvalue weighted by Gasteiger charge is 2.31. The smallest absolute Gasteiger partial charge is 0.309 e. The third kappa shape index (κ3) is 4.96. The second kappa shape index (κ2) is 6.30. The normalized spacial score (nSPS) is 10.9. The van der Waals surface area contributed by atoms with Crippen molar-refractivity contribution in [2.75, 3.05) is 13.6 Å². The topological polar surface area (TPSA) is 57.6 Å². The number of unbranched alkanes of at least 4 members (excludes halogenated alkanes) is 1. The first-order chi connectivity index (χ1) is 7.31. The van der Waals surface area contributed by atoms with Gasteiger partial charge >= 0.3 is 5.97 Å². The Hall–Kier alpha value is -1.32. The van der Waals surface area contributed by atoms with Gasteiger partial charge in [-0.05, 0) is 26.7 Å². The average molecular weight is 227 g/mol. The summed E-state index contributed by atoms with van der Waals surface area (Å²) in [7, 11) is 1.70. The molecule has 0 bridgehead atoms. The molecule has 0 saturated heterocycles. The number of allylic oxidation sites excluding steroid dienone is 1. The number of aliphatic carboxylic acids is 1. The van der Waals surface area contributed by atoms with Crippen molar-refractivity contribution >= 4 is 11.9 Å². The van der Waals surface area contributed by atoms with E-state index >= 15 is 0 Å². The lowest BCUT2D eigenvalue weighted by Gasteiger charge is -2.23. The van der Waals surface area contributed by atoms with Crippen molar-refractivity contribution in [2.24, 2.45) is 5.41 Å². The summed E-state index contributed by atoms with van der Waals surface area (Å²) in [4.78, 5) is 24.1. The van der Waals surface area contributed by atoms with Crippen LogP contribution in [0.5, 0.6) is 0 Å². The Bertz CT molecular complexity index is 271. The number of carboxylic acid groups (broad SMARTS) is 1. The van der Waals surface area contributed by atoms with E-state index < -0.39 is 11.4 Å². The van der Waals surface area contributed by atoms with Gasteiger partial charge in [0.15, 0.2) is 0 Å². The van der Waals surface area contributed by atoms with Gasteiger partial charge in [-0.2, -0.15) is 0 Å². The van der Waals surface area contributed by atoms with E-state index in [1.165, 1.54) is 0 Å². The Morgan fingerprint density at radius 1 is 1.44 bits per heavy atom. The van der Waals surface area contributed by atoms with E-state index in [9.17, 15) is 9.59 Å². The fraction of sp³-hybridized carbons (Fsp3) is 0.667. The summed E-state index contributed by atoms with van der Waals surface area (Å²) in [6.45, 7) is 7.36. The SMILES string of the molecule is C=CCCCN(C)C(=O)CC(C)(C)C(=O)O. The van der Waals surface area contributed by atoms with Gasteiger partial charge in [0.05, 0.1) is 5.41 Å². The maximum absolute atomic E-state index is 11.7. The Morgan fingerprint density at radius 3 is 2.44 bits per heavy atom. The first kappa shape index (κ1) is 14.7. The molecule has 0 spiro atoms. The summed E-state index contributed by atoms with van der Waals surface area (Å²) < 4.78 is 0. The number of hydrogen-bond acceptors (Lipinski definition) is 2. The number of hydrogen-bond donors (Lipinski definition) is 1. The zero-order valence-corrected chi connectivity index (χ0v) is 10.3. The van der Waals surface area contributed by atoms with E-state index in [4.69, 9.17) is 5.11 Å². The fourth-order valence-corrected chi connectivity index (χ4v) is 1.19. The second-order valence-electron chi connectivity index (χ2n) is 4.61. The molecule has 0 fully saturated rings. The van der Waals surface area contributed by atoms with Crippen LogP contribution in [0.1, 0.15) is 33.1 Å². The highest BCUT2D eigenvalue weighted by atomic mass is 16.4. The lowest BCUT2D eigenvalue weighted by molar-refractivity contribution is -0.151. The lowest BCUT2D eigenvalue weighted by atomic mass is 9.89. The molecule has 0 heterocycles. The monoisotopic (exact) mass is 227 g/mol. The van der Waals surface area contributed by atoms with Gasteiger partial charge in [-0.3, -0.25) is 9.59 Å². The number of nitrogens with zero attached hydrogens (tertiary/aromatic N) is 1. The van der Waals surface area contributed by atoms with Crippen molar-refractivity contribution in [1.82, 2.24) is 4.90 Å². The van der Waals surface area contributed by atoms with E-state index in [2.05, 4.69) is 6.58 Å². The van der Waals surface area contributed by atoms with Crippen LogP contribution in [-0.4, -0.2) is 35.5 Å².